The molecule has 1 saturated heterocycles. The summed E-state index contributed by atoms with van der Waals surface area (Å²) in [6, 6.07) is 20.8. The summed E-state index contributed by atoms with van der Waals surface area (Å²) in [5.41, 5.74) is 1.63. The van der Waals surface area contributed by atoms with Crippen LogP contribution in [0.3, 0.4) is 0 Å². The third-order valence-corrected chi connectivity index (χ3v) is 7.66. The molecule has 1 fully saturated rings. The number of rotatable bonds is 2. The van der Waals surface area contributed by atoms with Crippen LogP contribution in [-0.4, -0.2) is 11.1 Å². The lowest BCUT2D eigenvalue weighted by molar-refractivity contribution is 0.604. The highest BCUT2D eigenvalue weighted by Crippen LogP contribution is 2.71. The van der Waals surface area contributed by atoms with Crippen LogP contribution in [0.15, 0.2) is 60.7 Å². The summed E-state index contributed by atoms with van der Waals surface area (Å²) in [5.74, 6) is 0. The van der Waals surface area contributed by atoms with Crippen LogP contribution in [-0.2, 0) is 0 Å². The molecule has 1 nitrogen and oxygen atoms in total. The zero-order valence-corrected chi connectivity index (χ0v) is 11.3. The molecule has 0 radical (unpaired) electrons. The Kier molecular flexibility index (Phi) is 3.20. The van der Waals surface area contributed by atoms with Gasteiger partial charge in [0, 0.05) is 0 Å². The van der Waals surface area contributed by atoms with Gasteiger partial charge in [-0.1, -0.05) is 48.5 Å². The van der Waals surface area contributed by atoms with Crippen molar-refractivity contribution in [1.29, 1.82) is 0 Å². The molecule has 0 spiro atoms. The fourth-order valence-corrected chi connectivity index (χ4v) is 6.54. The van der Waals surface area contributed by atoms with Gasteiger partial charge in [-0.25, -0.2) is 4.89 Å². The Morgan fingerprint density at radius 1 is 0.889 bits per heavy atom. The number of benzene rings is 2. The highest BCUT2D eigenvalue weighted by molar-refractivity contribution is 7.78. The van der Waals surface area contributed by atoms with Gasteiger partial charge in [0.1, 0.15) is 11.0 Å². The first kappa shape index (κ1) is 11.9. The Morgan fingerprint density at radius 3 is 2.17 bits per heavy atom. The second-order valence-electron chi connectivity index (χ2n) is 4.95. The Balaban J connectivity index is 2.01. The average molecular weight is 257 g/mol. The molecule has 1 heterocycles. The molecule has 18 heavy (non-hydrogen) atoms. The minimum Gasteiger partial charge on any atom is -0.246 e. The van der Waals surface area contributed by atoms with Crippen molar-refractivity contribution in [3.05, 3.63) is 66.2 Å². The molecule has 0 bridgehead atoms. The van der Waals surface area contributed by atoms with E-state index in [1.54, 1.807) is 0 Å². The summed E-state index contributed by atoms with van der Waals surface area (Å²) in [6.45, 7) is 0. The maximum absolute atomic E-state index is 11.2. The minimum absolute atomic E-state index is 0.334. The quantitative estimate of drug-likeness (QED) is 0.812. The fraction of sp³-hybridized carbons (Fsp3) is 0.250. The molecule has 0 amide bonds. The summed E-state index contributed by atoms with van der Waals surface area (Å²) in [5, 5.41) is 1.16. The van der Waals surface area contributed by atoms with Crippen LogP contribution in [0.2, 0.25) is 0 Å². The van der Waals surface area contributed by atoms with Gasteiger partial charge in [-0.3, -0.25) is 0 Å². The van der Waals surface area contributed by atoms with Crippen molar-refractivity contribution in [2.24, 2.45) is 0 Å². The van der Waals surface area contributed by atoms with Crippen LogP contribution in [0, 0.1) is 0 Å². The highest BCUT2D eigenvalue weighted by atomic mass is 31.2. The van der Waals surface area contributed by atoms with Gasteiger partial charge < -0.3 is 0 Å². The predicted molar refractivity (Wildman–Crippen MR) is 78.5 cm³/mol. The molecule has 0 saturated carbocycles. The molecule has 92 valence electrons. The van der Waals surface area contributed by atoms with Gasteiger partial charge in [0.25, 0.3) is 0 Å². The van der Waals surface area contributed by atoms with Crippen molar-refractivity contribution < 1.29 is 4.89 Å². The van der Waals surface area contributed by atoms with Crippen molar-refractivity contribution in [3.63, 3.8) is 0 Å². The van der Waals surface area contributed by atoms with Gasteiger partial charge in [0.05, 0.1) is 6.16 Å². The third kappa shape index (κ3) is 1.98. The van der Waals surface area contributed by atoms with E-state index in [0.717, 1.165) is 24.3 Å². The molecule has 0 aliphatic carbocycles. The maximum Gasteiger partial charge on any atom is 0.181 e. The molecule has 1 unspecified atom stereocenters. The van der Waals surface area contributed by atoms with Crippen molar-refractivity contribution in [2.75, 3.05) is 6.16 Å². The summed E-state index contributed by atoms with van der Waals surface area (Å²) in [4.78, 5) is 11.2. The van der Waals surface area contributed by atoms with E-state index < -0.39 is 7.49 Å². The second kappa shape index (κ2) is 4.84. The normalized spacial score (nSPS) is 27.3. The Morgan fingerprint density at radius 2 is 1.50 bits per heavy atom. The molecule has 1 aliphatic rings. The van der Waals surface area contributed by atoms with Gasteiger partial charge in [-0.15, -0.1) is 0 Å². The molecular weight excluding hydrogens is 239 g/mol. The van der Waals surface area contributed by atoms with E-state index in [9.17, 15) is 4.89 Å². The van der Waals surface area contributed by atoms with E-state index in [0.29, 0.717) is 5.66 Å². The van der Waals surface area contributed by atoms with Gasteiger partial charge in [-0.2, -0.15) is 0 Å². The molecule has 2 heteroatoms. The largest absolute Gasteiger partial charge is 0.246 e. The molecule has 0 aromatic heterocycles. The van der Waals surface area contributed by atoms with Crippen molar-refractivity contribution in [2.45, 2.75) is 18.5 Å². The van der Waals surface area contributed by atoms with Crippen LogP contribution < -0.4 is 5.30 Å². The van der Waals surface area contributed by atoms with Crippen LogP contribution in [0.25, 0.3) is 0 Å². The van der Waals surface area contributed by atoms with Crippen LogP contribution in [0.5, 0.6) is 0 Å². The smallest absolute Gasteiger partial charge is 0.181 e. The summed E-state index contributed by atoms with van der Waals surface area (Å²) >= 11 is 0. The Bertz CT molecular complexity index is 511. The molecule has 1 N–H and O–H groups in total. The average Bonchev–Trinajstić information content (AvgIpc) is 2.84. The molecule has 2 aromatic rings. The maximum atomic E-state index is 11.2. The lowest BCUT2D eigenvalue weighted by atomic mass is 10.1. The molecule has 1 aliphatic heterocycles. The van der Waals surface area contributed by atoms with E-state index in [2.05, 4.69) is 36.4 Å². The molecule has 2 aromatic carbocycles. The highest BCUT2D eigenvalue weighted by Gasteiger charge is 2.51. The van der Waals surface area contributed by atoms with Gasteiger partial charge in [0.15, 0.2) is 7.49 Å². The number of hydrogen-bond acceptors (Lipinski definition) is 1. The van der Waals surface area contributed by atoms with Crippen LogP contribution in [0.4, 0.5) is 0 Å². The van der Waals surface area contributed by atoms with Crippen LogP contribution in [0.1, 0.15) is 24.1 Å². The van der Waals surface area contributed by atoms with Gasteiger partial charge >= 0.3 is 0 Å². The Labute approximate surface area is 109 Å². The molecule has 3 rings (SSSR count). The van der Waals surface area contributed by atoms with Gasteiger partial charge in [0.2, 0.25) is 0 Å². The van der Waals surface area contributed by atoms with E-state index >= 15 is 0 Å². The minimum atomic E-state index is -2.00. The van der Waals surface area contributed by atoms with E-state index in [-0.39, 0.29) is 0 Å². The van der Waals surface area contributed by atoms with E-state index in [1.165, 1.54) is 5.56 Å². The first-order chi connectivity index (χ1) is 8.81. The SMILES string of the molecule is O[P+]1(c2ccccc2)CCC[C@H]1c1ccccc1. The topological polar surface area (TPSA) is 20.2 Å². The lowest BCUT2D eigenvalue weighted by Gasteiger charge is -2.22. The third-order valence-electron chi connectivity index (χ3n) is 3.88. The van der Waals surface area contributed by atoms with Gasteiger partial charge in [-0.05, 0) is 30.5 Å². The predicted octanol–water partition coefficient (Wildman–Crippen LogP) is 3.77. The first-order valence-corrected chi connectivity index (χ1v) is 8.51. The monoisotopic (exact) mass is 257 g/mol. The van der Waals surface area contributed by atoms with Crippen molar-refractivity contribution in [3.8, 4) is 0 Å². The molecule has 2 atom stereocenters. The summed E-state index contributed by atoms with van der Waals surface area (Å²) < 4.78 is 0. The second-order valence-corrected chi connectivity index (χ2v) is 8.19. The summed E-state index contributed by atoms with van der Waals surface area (Å²) in [6.07, 6.45) is 3.22. The zero-order valence-electron chi connectivity index (χ0n) is 10.4. The van der Waals surface area contributed by atoms with Crippen molar-refractivity contribution >= 4 is 12.8 Å². The lowest BCUT2D eigenvalue weighted by Crippen LogP contribution is -2.15. The van der Waals surface area contributed by atoms with Crippen molar-refractivity contribution in [1.82, 2.24) is 0 Å². The fourth-order valence-electron chi connectivity index (χ4n) is 2.98. The zero-order chi connectivity index (χ0) is 12.4. The standard InChI is InChI=1S/C16H18OP/c17-18(15-10-5-2-6-11-15)13-7-12-16(18)14-8-3-1-4-9-14/h1-6,8-11,16-17H,7,12-13H2/q+1/t16-,18?/m0/s1. The van der Waals surface area contributed by atoms with Crippen LogP contribution >= 0.6 is 7.49 Å². The number of hydrogen-bond donors (Lipinski definition) is 1. The molecular formula is C16H18OP+. The van der Waals surface area contributed by atoms with E-state index in [1.807, 2.05) is 24.3 Å². The summed E-state index contributed by atoms with van der Waals surface area (Å²) in [7, 11) is -2.00. The Hall–Kier alpha value is -1.17. The van der Waals surface area contributed by atoms with E-state index in [4.69, 9.17) is 0 Å². The first-order valence-electron chi connectivity index (χ1n) is 6.52.